The highest BCUT2D eigenvalue weighted by atomic mass is 15.2. The fraction of sp³-hybridized carbons (Fsp3) is 0. The van der Waals surface area contributed by atoms with E-state index in [1.165, 1.54) is 5.56 Å². The molecule has 0 saturated carbocycles. The van der Waals surface area contributed by atoms with Crippen LogP contribution in [0.3, 0.4) is 0 Å². The van der Waals surface area contributed by atoms with Gasteiger partial charge in [0.25, 0.3) is 0 Å². The van der Waals surface area contributed by atoms with Gasteiger partial charge in [-0.15, -0.1) is 0 Å². The van der Waals surface area contributed by atoms with Gasteiger partial charge < -0.3 is 0 Å². The molecule has 0 amide bonds. The number of rotatable bonds is 7. The topological polar surface area (TPSA) is 30.2 Å². The Bertz CT molecular complexity index is 2940. The smallest absolute Gasteiger partial charge is 0.101 e. The zero-order valence-electron chi connectivity index (χ0n) is 30.0. The number of nitrogens with zero attached hydrogens (tertiary/aromatic N) is 3. The van der Waals surface area contributed by atoms with Gasteiger partial charge >= 0.3 is 0 Å². The summed E-state index contributed by atoms with van der Waals surface area (Å²) in [7, 11) is 0. The molecule has 0 unspecified atom stereocenters. The van der Waals surface area contributed by atoms with Gasteiger partial charge in [-0.2, -0.15) is 5.10 Å². The van der Waals surface area contributed by atoms with E-state index in [0.717, 1.165) is 89.1 Å². The predicted octanol–water partition coefficient (Wildman–Crippen LogP) is 13.6. The van der Waals surface area contributed by atoms with Crippen LogP contribution in [0, 0.1) is 0 Å². The van der Waals surface area contributed by atoms with E-state index < -0.39 is 0 Å². The third-order valence-corrected chi connectivity index (χ3v) is 10.4. The number of fused-ring (bicyclic) bond motifs is 3. The molecule has 0 atom stereocenters. The second-order valence-corrected chi connectivity index (χ2v) is 13.8. The van der Waals surface area contributed by atoms with Crippen molar-refractivity contribution in [2.24, 2.45) is 0 Å². The lowest BCUT2D eigenvalue weighted by Crippen LogP contribution is -1.97. The van der Waals surface area contributed by atoms with Crippen LogP contribution in [0.5, 0.6) is 0 Å². The molecule has 10 rings (SSSR count). The number of benzene rings is 7. The maximum absolute atomic E-state index is 5.44. The molecule has 0 bridgehead atoms. The van der Waals surface area contributed by atoms with Gasteiger partial charge in [0.1, 0.15) is 5.69 Å². The van der Waals surface area contributed by atoms with E-state index in [-0.39, 0.29) is 0 Å². The maximum atomic E-state index is 5.44. The minimum absolute atomic E-state index is 0.927. The van der Waals surface area contributed by atoms with Crippen molar-refractivity contribution < 1.29 is 0 Å². The van der Waals surface area contributed by atoms with E-state index in [0.29, 0.717) is 0 Å². The van der Waals surface area contributed by atoms with Gasteiger partial charge in [0.15, 0.2) is 0 Å². The molecule has 0 radical (unpaired) electrons. The fourth-order valence-electron chi connectivity index (χ4n) is 7.79. The van der Waals surface area contributed by atoms with Crippen molar-refractivity contribution in [2.45, 2.75) is 0 Å². The third kappa shape index (κ3) is 5.98. The van der Waals surface area contributed by atoms with Crippen LogP contribution in [0.1, 0.15) is 0 Å². The lowest BCUT2D eigenvalue weighted by molar-refractivity contribution is 0.979. The van der Waals surface area contributed by atoms with Crippen LogP contribution in [-0.4, -0.2) is 14.6 Å². The van der Waals surface area contributed by atoms with Gasteiger partial charge in [0, 0.05) is 33.2 Å². The van der Waals surface area contributed by atoms with Crippen LogP contribution in [-0.2, 0) is 0 Å². The zero-order valence-corrected chi connectivity index (χ0v) is 30.0. The van der Waals surface area contributed by atoms with Crippen LogP contribution in [0.15, 0.2) is 212 Å². The molecular weight excluding hydrogens is 667 g/mol. The summed E-state index contributed by atoms with van der Waals surface area (Å²) in [6.45, 7) is 0. The van der Waals surface area contributed by atoms with Gasteiger partial charge in [0.2, 0.25) is 0 Å². The molecule has 258 valence electrons. The molecular formula is C52H35N3. The summed E-state index contributed by atoms with van der Waals surface area (Å²) in [5.41, 5.74) is 16.1. The van der Waals surface area contributed by atoms with Gasteiger partial charge in [-0.1, -0.05) is 188 Å². The standard InChI is InChI=1S/C52H35N3/c1-6-18-36(19-7-1)41-28-16-29-42(32-41)48-34-43(33-47(53-48)37-20-8-2-9-21-37)44-30-17-31-45-46(44)35-49(38-22-10-3-11-23-38)55-52(45)50(39-24-12-4-13-25-39)51(54-55)40-26-14-5-15-27-40/h1-35H. The summed E-state index contributed by atoms with van der Waals surface area (Å²) in [5.74, 6) is 0. The van der Waals surface area contributed by atoms with E-state index in [9.17, 15) is 0 Å². The molecule has 0 aliphatic heterocycles. The Labute approximate surface area is 320 Å². The summed E-state index contributed by atoms with van der Waals surface area (Å²) in [6.07, 6.45) is 0. The summed E-state index contributed by atoms with van der Waals surface area (Å²) < 4.78 is 2.16. The molecule has 10 aromatic rings. The first-order chi connectivity index (χ1) is 27.3. The molecule has 0 saturated heterocycles. The Morgan fingerprint density at radius 1 is 0.327 bits per heavy atom. The molecule has 0 fully saturated rings. The summed E-state index contributed by atoms with van der Waals surface area (Å²) in [6, 6.07) is 75.1. The Morgan fingerprint density at radius 3 is 1.49 bits per heavy atom. The summed E-state index contributed by atoms with van der Waals surface area (Å²) >= 11 is 0. The quantitative estimate of drug-likeness (QED) is 0.166. The molecule has 7 aromatic carbocycles. The second-order valence-electron chi connectivity index (χ2n) is 13.8. The van der Waals surface area contributed by atoms with Crippen molar-refractivity contribution in [3.8, 4) is 78.4 Å². The number of pyridine rings is 2. The molecule has 0 N–H and O–H groups in total. The zero-order chi connectivity index (χ0) is 36.6. The molecule has 0 spiro atoms. The molecule has 0 aliphatic carbocycles. The van der Waals surface area contributed by atoms with E-state index in [1.807, 2.05) is 0 Å². The predicted molar refractivity (Wildman–Crippen MR) is 229 cm³/mol. The van der Waals surface area contributed by atoms with E-state index in [4.69, 9.17) is 10.1 Å². The first kappa shape index (κ1) is 32.3. The Balaban J connectivity index is 1.28. The van der Waals surface area contributed by atoms with Crippen molar-refractivity contribution in [1.82, 2.24) is 14.6 Å². The highest BCUT2D eigenvalue weighted by Crippen LogP contribution is 2.43. The molecule has 3 heteroatoms. The first-order valence-electron chi connectivity index (χ1n) is 18.7. The van der Waals surface area contributed by atoms with Crippen molar-refractivity contribution in [3.63, 3.8) is 0 Å². The normalized spacial score (nSPS) is 11.3. The summed E-state index contributed by atoms with van der Waals surface area (Å²) in [4.78, 5) is 5.31. The fourth-order valence-corrected chi connectivity index (χ4v) is 7.79. The van der Waals surface area contributed by atoms with Crippen LogP contribution >= 0.6 is 0 Å². The van der Waals surface area contributed by atoms with Gasteiger partial charge in [-0.25, -0.2) is 9.50 Å². The van der Waals surface area contributed by atoms with Crippen molar-refractivity contribution in [3.05, 3.63) is 212 Å². The number of aromatic nitrogens is 3. The summed E-state index contributed by atoms with van der Waals surface area (Å²) in [5, 5.41) is 7.72. The minimum atomic E-state index is 0.927. The second kappa shape index (κ2) is 13.9. The van der Waals surface area contributed by atoms with Crippen LogP contribution < -0.4 is 0 Å². The molecule has 3 nitrogen and oxygen atoms in total. The van der Waals surface area contributed by atoms with Crippen LogP contribution in [0.2, 0.25) is 0 Å². The Kier molecular flexibility index (Phi) is 8.16. The van der Waals surface area contributed by atoms with Gasteiger partial charge in [-0.05, 0) is 57.5 Å². The van der Waals surface area contributed by atoms with E-state index in [2.05, 4.69) is 217 Å². The molecule has 0 aliphatic rings. The van der Waals surface area contributed by atoms with Crippen molar-refractivity contribution in [1.29, 1.82) is 0 Å². The SMILES string of the molecule is c1ccc(-c2cccc(-c3cc(-c4cccc5c4cc(-c4ccccc4)n4nc(-c6ccccc6)c(-c6ccccc6)c54)cc(-c4ccccc4)n3)c2)cc1. The monoisotopic (exact) mass is 701 g/mol. The van der Waals surface area contributed by atoms with Gasteiger partial charge in [0.05, 0.1) is 22.6 Å². The molecule has 3 aromatic heterocycles. The molecule has 3 heterocycles. The van der Waals surface area contributed by atoms with Gasteiger partial charge in [-0.3, -0.25) is 0 Å². The number of hydrogen-bond acceptors (Lipinski definition) is 2. The van der Waals surface area contributed by atoms with Crippen molar-refractivity contribution >= 4 is 16.3 Å². The highest BCUT2D eigenvalue weighted by molar-refractivity contribution is 6.12. The minimum Gasteiger partial charge on any atom is -0.248 e. The highest BCUT2D eigenvalue weighted by Gasteiger charge is 2.23. The lowest BCUT2D eigenvalue weighted by atomic mass is 9.92. The lowest BCUT2D eigenvalue weighted by Gasteiger charge is -2.16. The van der Waals surface area contributed by atoms with E-state index in [1.54, 1.807) is 0 Å². The average molecular weight is 702 g/mol. The maximum Gasteiger partial charge on any atom is 0.101 e. The number of hydrogen-bond donors (Lipinski definition) is 0. The third-order valence-electron chi connectivity index (χ3n) is 10.4. The van der Waals surface area contributed by atoms with Crippen LogP contribution in [0.4, 0.5) is 0 Å². The average Bonchev–Trinajstić information content (AvgIpc) is 3.69. The first-order valence-corrected chi connectivity index (χ1v) is 18.7. The van der Waals surface area contributed by atoms with E-state index >= 15 is 0 Å². The Morgan fingerprint density at radius 2 is 0.836 bits per heavy atom. The van der Waals surface area contributed by atoms with Crippen molar-refractivity contribution in [2.75, 3.05) is 0 Å². The molecule has 55 heavy (non-hydrogen) atoms. The Hall–Kier alpha value is -7.36. The van der Waals surface area contributed by atoms with Crippen LogP contribution in [0.25, 0.3) is 94.7 Å². The largest absolute Gasteiger partial charge is 0.248 e.